The molecule has 42 heavy (non-hydrogen) atoms. The van der Waals surface area contributed by atoms with E-state index in [1.807, 2.05) is 17.6 Å². The van der Waals surface area contributed by atoms with Crippen LogP contribution < -0.4 is 15.4 Å². The highest BCUT2D eigenvalue weighted by Crippen LogP contribution is 2.49. The maximum atomic E-state index is 14.6. The lowest BCUT2D eigenvalue weighted by Gasteiger charge is -2.48. The molecule has 3 aromatic rings. The van der Waals surface area contributed by atoms with E-state index < -0.39 is 18.0 Å². The van der Waals surface area contributed by atoms with Crippen LogP contribution in [0.25, 0.3) is 10.6 Å². The van der Waals surface area contributed by atoms with E-state index in [4.69, 9.17) is 14.5 Å². The Kier molecular flexibility index (Phi) is 9.27. The smallest absolute Gasteiger partial charge is 0.246 e. The van der Waals surface area contributed by atoms with Crippen molar-refractivity contribution in [2.75, 3.05) is 20.3 Å². The monoisotopic (exact) mass is 596 g/mol. The number of nitrogens with one attached hydrogen (secondary N) is 2. The summed E-state index contributed by atoms with van der Waals surface area (Å²) >= 11 is 1.43. The number of rotatable bonds is 11. The van der Waals surface area contributed by atoms with E-state index in [2.05, 4.69) is 42.5 Å². The summed E-state index contributed by atoms with van der Waals surface area (Å²) in [5.74, 6) is 0.0578. The molecule has 1 fully saturated rings. The number of nitrogens with zero attached hydrogens (tertiary/aromatic N) is 2. The van der Waals surface area contributed by atoms with E-state index in [1.54, 1.807) is 6.20 Å². The third-order valence-electron chi connectivity index (χ3n) is 7.96. The zero-order valence-corrected chi connectivity index (χ0v) is 25.6. The number of thiazole rings is 1. The largest absolute Gasteiger partial charge is 0.485 e. The van der Waals surface area contributed by atoms with E-state index in [1.165, 1.54) is 30.6 Å². The third kappa shape index (κ3) is 7.53. The number of fused-ring (bicyclic) bond motifs is 1. The second-order valence-corrected chi connectivity index (χ2v) is 13.7. The van der Waals surface area contributed by atoms with Gasteiger partial charge < -0.3 is 25.2 Å². The molecule has 3 heterocycles. The number of aromatic nitrogens is 2. The summed E-state index contributed by atoms with van der Waals surface area (Å²) in [7, 11) is 1.45. The minimum Gasteiger partial charge on any atom is -0.485 e. The molecule has 1 spiro atoms. The highest BCUT2D eigenvalue weighted by Gasteiger charge is 2.46. The van der Waals surface area contributed by atoms with Crippen LogP contribution in [0.5, 0.6) is 5.75 Å². The molecule has 1 aliphatic carbocycles. The van der Waals surface area contributed by atoms with Crippen molar-refractivity contribution >= 4 is 17.2 Å². The van der Waals surface area contributed by atoms with Gasteiger partial charge in [-0.15, -0.1) is 11.3 Å². The first-order valence-electron chi connectivity index (χ1n) is 14.6. The molecule has 10 heteroatoms. The predicted octanol–water partition coefficient (Wildman–Crippen LogP) is 5.00. The van der Waals surface area contributed by atoms with Gasteiger partial charge in [-0.25, -0.2) is 9.37 Å². The molecule has 1 aromatic carbocycles. The van der Waals surface area contributed by atoms with Crippen molar-refractivity contribution < 1.29 is 23.8 Å². The lowest BCUT2D eigenvalue weighted by Crippen LogP contribution is -2.52. The SMILES string of the molecule is COCC(=O)N[C@@H](Cc1cc(F)cc(-c2nccs2)c1)[C@H](O)CN[C@H]1CC2(CCC2)Oc2cnc(CC(C)(C)C)cc21. The van der Waals surface area contributed by atoms with Crippen LogP contribution in [0.2, 0.25) is 0 Å². The highest BCUT2D eigenvalue weighted by atomic mass is 32.1. The average molecular weight is 597 g/mol. The van der Waals surface area contributed by atoms with Gasteiger partial charge in [0.1, 0.15) is 28.8 Å². The van der Waals surface area contributed by atoms with Crippen molar-refractivity contribution in [1.29, 1.82) is 0 Å². The van der Waals surface area contributed by atoms with Crippen molar-refractivity contribution in [1.82, 2.24) is 20.6 Å². The Balaban J connectivity index is 1.35. The zero-order chi connectivity index (χ0) is 29.9. The Morgan fingerprint density at radius 2 is 2.07 bits per heavy atom. The van der Waals surface area contributed by atoms with Crippen LogP contribution in [0, 0.1) is 11.2 Å². The van der Waals surface area contributed by atoms with Gasteiger partial charge in [0.2, 0.25) is 5.91 Å². The van der Waals surface area contributed by atoms with E-state index in [9.17, 15) is 14.3 Å². The Morgan fingerprint density at radius 1 is 1.26 bits per heavy atom. The number of halogens is 1. The topological polar surface area (TPSA) is 106 Å². The molecule has 0 saturated heterocycles. The Morgan fingerprint density at radius 3 is 2.74 bits per heavy atom. The molecule has 1 aliphatic heterocycles. The molecule has 8 nitrogen and oxygen atoms in total. The van der Waals surface area contributed by atoms with Crippen molar-refractivity contribution in [3.8, 4) is 16.3 Å². The number of aliphatic hydroxyl groups excluding tert-OH is 1. The number of hydrogen-bond acceptors (Lipinski definition) is 8. The first-order chi connectivity index (χ1) is 20.0. The number of methoxy groups -OCH3 is 1. The van der Waals surface area contributed by atoms with E-state index >= 15 is 0 Å². The molecule has 1 amide bonds. The van der Waals surface area contributed by atoms with Gasteiger partial charge in [-0.2, -0.15) is 0 Å². The van der Waals surface area contributed by atoms with Crippen molar-refractivity contribution in [3.05, 3.63) is 64.7 Å². The quantitative estimate of drug-likeness (QED) is 0.286. The molecule has 3 N–H and O–H groups in total. The molecule has 2 aromatic heterocycles. The Hall–Kier alpha value is -2.92. The van der Waals surface area contributed by atoms with Gasteiger partial charge in [-0.3, -0.25) is 9.78 Å². The lowest BCUT2D eigenvalue weighted by molar-refractivity contribution is -0.126. The molecule has 2 aliphatic rings. The number of hydrogen-bond donors (Lipinski definition) is 3. The van der Waals surface area contributed by atoms with Crippen LogP contribution in [-0.2, 0) is 22.4 Å². The number of amides is 1. The standard InChI is InChI=1S/C32H41FN4O4S/c1-31(2,3)15-23-14-24-26(16-32(6-5-7-32)41-28(24)18-35-23)36-17-27(38)25(37-29(39)19-40-4)12-20-10-21(13-22(33)11-20)30-34-8-9-42-30/h8-11,13-14,18,25-27,36,38H,5-7,12,15-17,19H2,1-4H3,(H,37,39)/t25-,26-,27+/m0/s1. The normalized spacial score (nSPS) is 19.0. The molecular weight excluding hydrogens is 555 g/mol. The number of aliphatic hydroxyl groups is 1. The summed E-state index contributed by atoms with van der Waals surface area (Å²) in [5.41, 5.74) is 3.27. The first kappa shape index (κ1) is 30.5. The van der Waals surface area contributed by atoms with Crippen LogP contribution >= 0.6 is 11.3 Å². The lowest BCUT2D eigenvalue weighted by atomic mass is 9.73. The van der Waals surface area contributed by atoms with Gasteiger partial charge in [-0.1, -0.05) is 20.8 Å². The highest BCUT2D eigenvalue weighted by molar-refractivity contribution is 7.13. The molecule has 0 radical (unpaired) electrons. The minimum absolute atomic E-state index is 0.0357. The number of benzene rings is 1. The van der Waals surface area contributed by atoms with Crippen molar-refractivity contribution in [2.45, 2.75) is 83.1 Å². The van der Waals surface area contributed by atoms with Crippen molar-refractivity contribution in [3.63, 3.8) is 0 Å². The van der Waals surface area contributed by atoms with Crippen molar-refractivity contribution in [2.24, 2.45) is 5.41 Å². The molecule has 0 unspecified atom stereocenters. The Bertz CT molecular complexity index is 1370. The minimum atomic E-state index is -0.947. The summed E-state index contributed by atoms with van der Waals surface area (Å²) < 4.78 is 26.1. The average Bonchev–Trinajstić information content (AvgIpc) is 3.44. The summed E-state index contributed by atoms with van der Waals surface area (Å²) in [6.07, 6.45) is 7.57. The van der Waals surface area contributed by atoms with Gasteiger partial charge in [0.05, 0.1) is 18.3 Å². The Labute approximate surface area is 251 Å². The summed E-state index contributed by atoms with van der Waals surface area (Å²) in [6, 6.07) is 6.16. The van der Waals surface area contributed by atoms with E-state index in [0.717, 1.165) is 49.1 Å². The molecule has 226 valence electrons. The third-order valence-corrected chi connectivity index (χ3v) is 8.78. The fourth-order valence-corrected chi connectivity index (χ4v) is 6.52. The maximum Gasteiger partial charge on any atom is 0.246 e. The number of carbonyl (C=O) groups excluding carboxylic acids is 1. The number of ether oxygens (including phenoxy) is 2. The fraction of sp³-hybridized carbons (Fsp3) is 0.531. The predicted molar refractivity (Wildman–Crippen MR) is 161 cm³/mol. The van der Waals surface area contributed by atoms with Crippen LogP contribution in [0.15, 0.2) is 42.0 Å². The molecule has 1 saturated carbocycles. The zero-order valence-electron chi connectivity index (χ0n) is 24.8. The van der Waals surface area contributed by atoms with Crippen LogP contribution in [-0.4, -0.2) is 59.0 Å². The van der Waals surface area contributed by atoms with Gasteiger partial charge >= 0.3 is 0 Å². The van der Waals surface area contributed by atoms with Gasteiger partial charge in [0, 0.05) is 54.5 Å². The van der Waals surface area contributed by atoms with Gasteiger partial charge in [0.25, 0.3) is 0 Å². The number of carbonyl (C=O) groups is 1. The molecule has 5 rings (SSSR count). The number of pyridine rings is 1. The first-order valence-corrected chi connectivity index (χ1v) is 15.5. The summed E-state index contributed by atoms with van der Waals surface area (Å²) in [6.45, 7) is 6.66. The van der Waals surface area contributed by atoms with Gasteiger partial charge in [0.15, 0.2) is 0 Å². The fourth-order valence-electron chi connectivity index (χ4n) is 5.90. The molecule has 0 bridgehead atoms. The summed E-state index contributed by atoms with van der Waals surface area (Å²) in [4.78, 5) is 21.5. The molecule has 3 atom stereocenters. The molecular formula is C32H41FN4O4S. The van der Waals surface area contributed by atoms with Crippen LogP contribution in [0.4, 0.5) is 4.39 Å². The second kappa shape index (κ2) is 12.8. The van der Waals surface area contributed by atoms with Crippen LogP contribution in [0.1, 0.15) is 69.3 Å². The van der Waals surface area contributed by atoms with E-state index in [-0.39, 0.29) is 42.5 Å². The van der Waals surface area contributed by atoms with Crippen LogP contribution in [0.3, 0.4) is 0 Å². The second-order valence-electron chi connectivity index (χ2n) is 12.8. The van der Waals surface area contributed by atoms with E-state index in [0.29, 0.717) is 16.1 Å². The van der Waals surface area contributed by atoms with Gasteiger partial charge in [-0.05, 0) is 67.3 Å². The maximum absolute atomic E-state index is 14.6. The summed E-state index contributed by atoms with van der Waals surface area (Å²) in [5, 5.41) is 20.5.